The maximum atomic E-state index is 12.7. The zero-order valence-corrected chi connectivity index (χ0v) is 41.1. The Morgan fingerprint density at radius 3 is 1.28 bits per heavy atom. The average molecular weight is 873 g/mol. The summed E-state index contributed by atoms with van der Waals surface area (Å²) in [6.07, 6.45) is 47.1. The molecule has 0 aliphatic carbocycles. The first-order valence-electron chi connectivity index (χ1n) is 25.4. The van der Waals surface area contributed by atoms with Gasteiger partial charge < -0.3 is 18.9 Å². The third-order valence-electron chi connectivity index (χ3n) is 11.3. The van der Waals surface area contributed by atoms with Crippen LogP contribution in [0.4, 0.5) is 0 Å². The molecule has 1 N–H and O–H groups in total. The van der Waals surface area contributed by atoms with Crippen molar-refractivity contribution in [2.75, 3.05) is 47.5 Å². The minimum Gasteiger partial charge on any atom is -0.462 e. The van der Waals surface area contributed by atoms with E-state index in [4.69, 9.17) is 18.5 Å². The van der Waals surface area contributed by atoms with Crippen molar-refractivity contribution in [1.29, 1.82) is 0 Å². The van der Waals surface area contributed by atoms with E-state index in [1.54, 1.807) is 0 Å². The van der Waals surface area contributed by atoms with E-state index >= 15 is 0 Å². The minimum atomic E-state index is -4.38. The van der Waals surface area contributed by atoms with Crippen LogP contribution in [0.15, 0.2) is 12.2 Å². The van der Waals surface area contributed by atoms with Crippen LogP contribution in [0.2, 0.25) is 0 Å². The number of likely N-dealkylation sites (N-methyl/N-ethyl adjacent to an activating group) is 1. The Labute approximate surface area is 371 Å². The number of phosphoric acid groups is 1. The number of nitrogens with zero attached hydrogens (tertiary/aromatic N) is 1. The Kier molecular flexibility index (Phi) is 42.1. The third kappa shape index (κ3) is 46.3. The Balaban J connectivity index is 4.21. The topological polar surface area (TPSA) is 108 Å². The number of unbranched alkanes of at least 4 members (excludes halogenated alkanes) is 31. The molecule has 10 heteroatoms. The van der Waals surface area contributed by atoms with Gasteiger partial charge in [-0.3, -0.25) is 18.6 Å². The number of ether oxygens (including phenoxy) is 2. The summed E-state index contributed by atoms with van der Waals surface area (Å²) >= 11 is 0. The number of allylic oxidation sites excluding steroid dienone is 2. The summed E-state index contributed by atoms with van der Waals surface area (Å²) in [4.78, 5) is 35.4. The van der Waals surface area contributed by atoms with E-state index in [9.17, 15) is 19.0 Å². The number of carbonyl (C=O) groups is 2. The van der Waals surface area contributed by atoms with Crippen molar-refractivity contribution in [3.63, 3.8) is 0 Å². The lowest BCUT2D eigenvalue weighted by atomic mass is 10.0. The maximum Gasteiger partial charge on any atom is 0.472 e. The molecule has 0 bridgehead atoms. The van der Waals surface area contributed by atoms with Crippen LogP contribution in [-0.2, 0) is 32.7 Å². The normalized spacial score (nSPS) is 13.5. The highest BCUT2D eigenvalue weighted by Crippen LogP contribution is 2.43. The quantitative estimate of drug-likeness (QED) is 0.0212. The van der Waals surface area contributed by atoms with Gasteiger partial charge in [-0.15, -0.1) is 0 Å². The molecule has 0 heterocycles. The molecular formula is C50H99NO8P+. The van der Waals surface area contributed by atoms with E-state index < -0.39 is 26.5 Å². The van der Waals surface area contributed by atoms with Crippen molar-refractivity contribution in [3.8, 4) is 0 Å². The fraction of sp³-hybridized carbons (Fsp3) is 0.920. The maximum absolute atomic E-state index is 12.7. The molecule has 356 valence electrons. The molecule has 0 saturated heterocycles. The third-order valence-corrected chi connectivity index (χ3v) is 12.3. The molecule has 0 radical (unpaired) electrons. The van der Waals surface area contributed by atoms with Crippen LogP contribution in [0, 0.1) is 0 Å². The fourth-order valence-electron chi connectivity index (χ4n) is 7.31. The number of hydrogen-bond acceptors (Lipinski definition) is 7. The number of phosphoric ester groups is 1. The van der Waals surface area contributed by atoms with Crippen molar-refractivity contribution in [2.24, 2.45) is 0 Å². The first-order valence-corrected chi connectivity index (χ1v) is 26.9. The van der Waals surface area contributed by atoms with Gasteiger partial charge in [0.25, 0.3) is 0 Å². The summed E-state index contributed by atoms with van der Waals surface area (Å²) in [5.41, 5.74) is 0. The van der Waals surface area contributed by atoms with Crippen LogP contribution >= 0.6 is 7.82 Å². The fourth-order valence-corrected chi connectivity index (χ4v) is 8.06. The second-order valence-electron chi connectivity index (χ2n) is 18.6. The molecule has 0 spiro atoms. The predicted molar refractivity (Wildman–Crippen MR) is 252 cm³/mol. The van der Waals surface area contributed by atoms with E-state index in [0.717, 1.165) is 32.1 Å². The second-order valence-corrected chi connectivity index (χ2v) is 20.0. The Morgan fingerprint density at radius 2 is 0.867 bits per heavy atom. The number of esters is 2. The standard InChI is InChI=1S/C50H98NO8P/c1-6-8-10-12-14-16-18-20-21-22-23-24-25-26-27-28-29-31-33-35-37-39-41-43-50(53)59-48(47-58-60(54,55)57-45-44-51(3,4)5)46-56-49(52)42-40-38-36-34-32-30-19-17-15-13-11-9-7-2/h35,37,48H,6-34,36,38-47H2,1-5H3/p+1/b37-35+/t48-/m1/s1. The minimum absolute atomic E-state index is 0.0307. The smallest absolute Gasteiger partial charge is 0.462 e. The van der Waals surface area contributed by atoms with Crippen LogP contribution in [0.25, 0.3) is 0 Å². The molecule has 2 atom stereocenters. The van der Waals surface area contributed by atoms with E-state index in [0.29, 0.717) is 17.4 Å². The van der Waals surface area contributed by atoms with E-state index in [2.05, 4.69) is 26.0 Å². The van der Waals surface area contributed by atoms with Gasteiger partial charge in [-0.1, -0.05) is 212 Å². The number of hydrogen-bond donors (Lipinski definition) is 1. The van der Waals surface area contributed by atoms with E-state index in [-0.39, 0.29) is 32.0 Å². The summed E-state index contributed by atoms with van der Waals surface area (Å²) < 4.78 is 34.4. The molecule has 0 aliphatic heterocycles. The van der Waals surface area contributed by atoms with Crippen LogP contribution in [0.3, 0.4) is 0 Å². The van der Waals surface area contributed by atoms with Crippen molar-refractivity contribution in [2.45, 2.75) is 251 Å². The van der Waals surface area contributed by atoms with Crippen LogP contribution < -0.4 is 0 Å². The molecule has 0 aromatic heterocycles. The average Bonchev–Trinajstić information content (AvgIpc) is 3.20. The van der Waals surface area contributed by atoms with Gasteiger partial charge in [-0.2, -0.15) is 0 Å². The van der Waals surface area contributed by atoms with Crippen molar-refractivity contribution < 1.29 is 42.1 Å². The van der Waals surface area contributed by atoms with Gasteiger partial charge in [-0.25, -0.2) is 4.57 Å². The van der Waals surface area contributed by atoms with Crippen molar-refractivity contribution >= 4 is 19.8 Å². The van der Waals surface area contributed by atoms with E-state index in [1.165, 1.54) is 180 Å². The van der Waals surface area contributed by atoms with Gasteiger partial charge >= 0.3 is 19.8 Å². The highest BCUT2D eigenvalue weighted by molar-refractivity contribution is 7.47. The molecule has 60 heavy (non-hydrogen) atoms. The first kappa shape index (κ1) is 58.8. The summed E-state index contributed by atoms with van der Waals surface area (Å²) in [6.45, 7) is 4.44. The SMILES string of the molecule is CCCCCCCCCCCCCCCCCCCC/C=C/CCCC(=O)O[C@H](COC(=O)CCCCCCCCCCCCCCC)COP(=O)(O)OCC[N+](C)(C)C. The van der Waals surface area contributed by atoms with Crippen molar-refractivity contribution in [1.82, 2.24) is 0 Å². The Hall–Kier alpha value is -1.25. The van der Waals surface area contributed by atoms with Crippen LogP contribution in [0.1, 0.15) is 245 Å². The molecule has 0 saturated carbocycles. The van der Waals surface area contributed by atoms with Crippen molar-refractivity contribution in [3.05, 3.63) is 12.2 Å². The lowest BCUT2D eigenvalue weighted by Crippen LogP contribution is -2.37. The van der Waals surface area contributed by atoms with Gasteiger partial charge in [0.15, 0.2) is 6.10 Å². The van der Waals surface area contributed by atoms with Gasteiger partial charge in [0, 0.05) is 12.8 Å². The Morgan fingerprint density at radius 1 is 0.500 bits per heavy atom. The molecule has 9 nitrogen and oxygen atoms in total. The molecule has 0 amide bonds. The van der Waals surface area contributed by atoms with E-state index in [1.807, 2.05) is 21.1 Å². The molecule has 0 aliphatic rings. The molecule has 0 aromatic rings. The van der Waals surface area contributed by atoms with Crippen LogP contribution in [0.5, 0.6) is 0 Å². The second kappa shape index (κ2) is 43.0. The monoisotopic (exact) mass is 873 g/mol. The first-order chi connectivity index (χ1) is 29.0. The lowest BCUT2D eigenvalue weighted by Gasteiger charge is -2.24. The zero-order chi connectivity index (χ0) is 44.3. The van der Waals surface area contributed by atoms with Gasteiger partial charge in [0.1, 0.15) is 19.8 Å². The van der Waals surface area contributed by atoms with Crippen LogP contribution in [-0.4, -0.2) is 74.9 Å². The highest BCUT2D eigenvalue weighted by atomic mass is 31.2. The number of rotatable bonds is 47. The Bertz CT molecular complexity index is 1030. The summed E-state index contributed by atoms with van der Waals surface area (Å²) in [5, 5.41) is 0. The van der Waals surface area contributed by atoms with Gasteiger partial charge in [-0.05, 0) is 32.1 Å². The molecule has 0 fully saturated rings. The summed E-state index contributed by atoms with van der Waals surface area (Å²) in [7, 11) is 1.48. The summed E-state index contributed by atoms with van der Waals surface area (Å²) in [6, 6.07) is 0. The summed E-state index contributed by atoms with van der Waals surface area (Å²) in [5.74, 6) is -0.822. The highest BCUT2D eigenvalue weighted by Gasteiger charge is 2.27. The van der Waals surface area contributed by atoms with Gasteiger partial charge in [0.05, 0.1) is 27.7 Å². The van der Waals surface area contributed by atoms with Gasteiger partial charge in [0.2, 0.25) is 0 Å². The molecule has 0 rings (SSSR count). The predicted octanol–water partition coefficient (Wildman–Crippen LogP) is 14.9. The number of quaternary nitrogens is 1. The molecule has 1 unspecified atom stereocenters. The zero-order valence-electron chi connectivity index (χ0n) is 40.2. The molecular weight excluding hydrogens is 774 g/mol. The number of carbonyl (C=O) groups excluding carboxylic acids is 2. The largest absolute Gasteiger partial charge is 0.472 e. The molecule has 0 aromatic carbocycles. The lowest BCUT2D eigenvalue weighted by molar-refractivity contribution is -0.870.